The third-order valence-electron chi connectivity index (χ3n) is 8.49. The summed E-state index contributed by atoms with van der Waals surface area (Å²) in [6.07, 6.45) is -11.3. The molecule has 0 saturated carbocycles. The molecule has 0 radical (unpaired) electrons. The van der Waals surface area contributed by atoms with Gasteiger partial charge >= 0.3 is 23.9 Å². The van der Waals surface area contributed by atoms with Crippen LogP contribution in [0.3, 0.4) is 0 Å². The SMILES string of the molecule is CCC(C)CC(=O)O[C@@H]1[C@@H](OC(=O)CC(C)CC)[C@@H](O[C@]2(CO)O[C@H](COC(C)=O)[C@@H](O)[C@@H]2O)O[C@H](CO)[C@H]1OC(=O)C(C)CC. The summed E-state index contributed by atoms with van der Waals surface area (Å²) < 4.78 is 39.8. The molecule has 0 bridgehead atoms. The Labute approximate surface area is 269 Å². The molecule has 2 fully saturated rings. The Hall–Kier alpha value is -2.40. The molecule has 0 aromatic heterocycles. The van der Waals surface area contributed by atoms with Crippen LogP contribution in [0, 0.1) is 17.8 Å². The largest absolute Gasteiger partial charge is 0.463 e. The van der Waals surface area contributed by atoms with Crippen molar-refractivity contribution in [3.05, 3.63) is 0 Å². The van der Waals surface area contributed by atoms with Gasteiger partial charge in [0.2, 0.25) is 12.1 Å². The minimum absolute atomic E-state index is 0.0326. The summed E-state index contributed by atoms with van der Waals surface area (Å²) in [5.74, 6) is -6.01. The number of carbonyl (C=O) groups excluding carboxylic acids is 4. The molecule has 0 aliphatic carbocycles. The first-order chi connectivity index (χ1) is 21.7. The van der Waals surface area contributed by atoms with Crippen molar-refractivity contribution in [2.45, 2.75) is 135 Å². The molecule has 0 spiro atoms. The van der Waals surface area contributed by atoms with Gasteiger partial charge in [-0.25, -0.2) is 0 Å². The summed E-state index contributed by atoms with van der Waals surface area (Å²) >= 11 is 0. The van der Waals surface area contributed by atoms with Crippen LogP contribution < -0.4 is 0 Å². The third-order valence-corrected chi connectivity index (χ3v) is 8.49. The Kier molecular flexibility index (Phi) is 15.8. The molecule has 12 atom stereocenters. The average molecular weight is 665 g/mol. The van der Waals surface area contributed by atoms with Gasteiger partial charge in [0.15, 0.2) is 18.3 Å². The molecule has 0 amide bonds. The van der Waals surface area contributed by atoms with Gasteiger partial charge in [0, 0.05) is 19.8 Å². The van der Waals surface area contributed by atoms with Crippen LogP contribution in [0.5, 0.6) is 0 Å². The van der Waals surface area contributed by atoms with E-state index in [1.165, 1.54) is 0 Å². The summed E-state index contributed by atoms with van der Waals surface area (Å²) in [7, 11) is 0. The fourth-order valence-electron chi connectivity index (χ4n) is 4.85. The summed E-state index contributed by atoms with van der Waals surface area (Å²) in [5.41, 5.74) is 0. The summed E-state index contributed by atoms with van der Waals surface area (Å²) in [6.45, 7) is 9.60. The molecule has 2 heterocycles. The molecule has 3 unspecified atom stereocenters. The molecule has 4 N–H and O–H groups in total. The molecule has 46 heavy (non-hydrogen) atoms. The van der Waals surface area contributed by atoms with Gasteiger partial charge in [0.25, 0.3) is 0 Å². The van der Waals surface area contributed by atoms with Crippen LogP contribution in [0.15, 0.2) is 0 Å². The van der Waals surface area contributed by atoms with Crippen molar-refractivity contribution in [2.75, 3.05) is 19.8 Å². The van der Waals surface area contributed by atoms with Crippen LogP contribution >= 0.6 is 0 Å². The quantitative estimate of drug-likeness (QED) is 0.125. The maximum absolute atomic E-state index is 13.2. The van der Waals surface area contributed by atoms with Crippen molar-refractivity contribution in [1.82, 2.24) is 0 Å². The van der Waals surface area contributed by atoms with Crippen molar-refractivity contribution < 1.29 is 72.8 Å². The number of ether oxygens (including phenoxy) is 7. The van der Waals surface area contributed by atoms with Gasteiger partial charge in [-0.2, -0.15) is 0 Å². The highest BCUT2D eigenvalue weighted by Crippen LogP contribution is 2.38. The zero-order chi connectivity index (χ0) is 34.8. The monoisotopic (exact) mass is 664 g/mol. The maximum Gasteiger partial charge on any atom is 0.309 e. The average Bonchev–Trinajstić information content (AvgIpc) is 3.26. The number of aliphatic hydroxyl groups is 4. The third kappa shape index (κ3) is 10.3. The number of hydrogen-bond acceptors (Lipinski definition) is 15. The van der Waals surface area contributed by atoms with Gasteiger partial charge < -0.3 is 53.6 Å². The van der Waals surface area contributed by atoms with Crippen LogP contribution in [0.2, 0.25) is 0 Å². The first-order valence-electron chi connectivity index (χ1n) is 16.0. The van der Waals surface area contributed by atoms with Crippen LogP contribution in [0.4, 0.5) is 0 Å². The highest BCUT2D eigenvalue weighted by molar-refractivity contribution is 5.73. The molecular formula is C31H52O15. The first-order valence-corrected chi connectivity index (χ1v) is 16.0. The van der Waals surface area contributed by atoms with E-state index in [9.17, 15) is 39.6 Å². The number of rotatable bonds is 17. The second-order valence-electron chi connectivity index (χ2n) is 12.3. The van der Waals surface area contributed by atoms with E-state index in [2.05, 4.69) is 0 Å². The second-order valence-corrected chi connectivity index (χ2v) is 12.3. The lowest BCUT2D eigenvalue weighted by Gasteiger charge is -2.46. The first kappa shape index (κ1) is 39.8. The van der Waals surface area contributed by atoms with E-state index in [4.69, 9.17) is 33.2 Å². The van der Waals surface area contributed by atoms with Crippen molar-refractivity contribution in [2.24, 2.45) is 17.8 Å². The zero-order valence-corrected chi connectivity index (χ0v) is 27.8. The summed E-state index contributed by atoms with van der Waals surface area (Å²) in [4.78, 5) is 50.7. The van der Waals surface area contributed by atoms with Gasteiger partial charge in [-0.3, -0.25) is 19.2 Å². The lowest BCUT2D eigenvalue weighted by Crippen LogP contribution is -2.65. The number of hydrogen-bond donors (Lipinski definition) is 4. The zero-order valence-electron chi connectivity index (χ0n) is 27.8. The Morgan fingerprint density at radius 2 is 1.37 bits per heavy atom. The van der Waals surface area contributed by atoms with E-state index in [1.807, 2.05) is 27.7 Å². The van der Waals surface area contributed by atoms with Gasteiger partial charge in [0.05, 0.1) is 12.5 Å². The minimum atomic E-state index is -2.41. The molecule has 266 valence electrons. The van der Waals surface area contributed by atoms with E-state index in [0.29, 0.717) is 19.3 Å². The number of carbonyl (C=O) groups is 4. The van der Waals surface area contributed by atoms with Crippen molar-refractivity contribution in [3.8, 4) is 0 Å². The predicted octanol–water partition coefficient (Wildman–Crippen LogP) is 0.746. The van der Waals surface area contributed by atoms with Crippen molar-refractivity contribution >= 4 is 23.9 Å². The van der Waals surface area contributed by atoms with E-state index in [0.717, 1.165) is 6.92 Å². The molecule has 0 aromatic rings. The highest BCUT2D eigenvalue weighted by atomic mass is 16.8. The normalized spacial score (nSPS) is 33.0. The molecule has 2 rings (SSSR count). The molecule has 0 aromatic carbocycles. The topological polar surface area (TPSA) is 214 Å². The molecule has 15 heteroatoms. The van der Waals surface area contributed by atoms with Gasteiger partial charge in [-0.15, -0.1) is 0 Å². The predicted molar refractivity (Wildman–Crippen MR) is 157 cm³/mol. The van der Waals surface area contributed by atoms with Gasteiger partial charge in [-0.1, -0.05) is 54.4 Å². The molecule has 2 aliphatic rings. The Morgan fingerprint density at radius 3 is 1.85 bits per heavy atom. The Bertz CT molecular complexity index is 1010. The van der Waals surface area contributed by atoms with E-state index >= 15 is 0 Å². The van der Waals surface area contributed by atoms with Crippen LogP contribution in [-0.2, 0) is 52.3 Å². The van der Waals surface area contributed by atoms with Gasteiger partial charge in [-0.05, 0) is 18.3 Å². The highest BCUT2D eigenvalue weighted by Gasteiger charge is 2.61. The van der Waals surface area contributed by atoms with Crippen molar-refractivity contribution in [3.63, 3.8) is 0 Å². The fourth-order valence-corrected chi connectivity index (χ4v) is 4.85. The van der Waals surface area contributed by atoms with Crippen LogP contribution in [0.25, 0.3) is 0 Å². The molecule has 2 saturated heterocycles. The van der Waals surface area contributed by atoms with Crippen molar-refractivity contribution in [1.29, 1.82) is 0 Å². The summed E-state index contributed by atoms with van der Waals surface area (Å²) in [6, 6.07) is 0. The maximum atomic E-state index is 13.2. The lowest BCUT2D eigenvalue weighted by atomic mass is 9.96. The lowest BCUT2D eigenvalue weighted by molar-refractivity contribution is -0.384. The standard InChI is InChI=1S/C31H52O15/c1-8-16(4)11-22(35)42-26-25(44-29(39)18(6)10-3)20(13-32)41-30(27(26)43-23(36)12-17(5)9-2)46-31(15-33)28(38)24(37)21(45-31)14-40-19(7)34/h16-18,20-21,24-28,30,32-33,37-38H,8-15H2,1-7H3/t16?,17?,18?,20-,21-,24-,25-,26+,27-,28+,30-,31+/m1/s1. The molecular weight excluding hydrogens is 612 g/mol. The van der Waals surface area contributed by atoms with E-state index in [-0.39, 0.29) is 24.7 Å². The number of aliphatic hydroxyl groups excluding tert-OH is 4. The van der Waals surface area contributed by atoms with Crippen LogP contribution in [0.1, 0.15) is 80.6 Å². The molecule has 15 nitrogen and oxygen atoms in total. The minimum Gasteiger partial charge on any atom is -0.463 e. The Morgan fingerprint density at radius 1 is 0.804 bits per heavy atom. The fraction of sp³-hybridized carbons (Fsp3) is 0.871. The number of esters is 4. The van der Waals surface area contributed by atoms with E-state index < -0.39 is 104 Å². The second kappa shape index (κ2) is 18.2. The van der Waals surface area contributed by atoms with E-state index in [1.54, 1.807) is 13.8 Å². The van der Waals surface area contributed by atoms with Gasteiger partial charge in [0.1, 0.15) is 37.6 Å². The smallest absolute Gasteiger partial charge is 0.309 e. The summed E-state index contributed by atoms with van der Waals surface area (Å²) in [5, 5.41) is 42.3. The molecule has 2 aliphatic heterocycles. The Balaban J connectivity index is 2.59. The van der Waals surface area contributed by atoms with Crippen LogP contribution in [-0.4, -0.2) is 119 Å².